The maximum atomic E-state index is 4.56. The zero-order valence-electron chi connectivity index (χ0n) is 15.5. The van der Waals surface area contributed by atoms with Crippen LogP contribution in [0.5, 0.6) is 0 Å². The molecular weight excluding hydrogens is 296 g/mol. The molecule has 0 aliphatic carbocycles. The predicted molar refractivity (Wildman–Crippen MR) is 99.8 cm³/mol. The number of hydrogen-bond acceptors (Lipinski definition) is 2. The van der Waals surface area contributed by atoms with Gasteiger partial charge in [-0.15, -0.1) is 0 Å². The predicted octanol–water partition coefficient (Wildman–Crippen LogP) is 4.13. The van der Waals surface area contributed by atoms with Crippen LogP contribution in [0.25, 0.3) is 22.4 Å². The second kappa shape index (κ2) is 5.71. The molecule has 0 fully saturated rings. The lowest BCUT2D eigenvalue weighted by Gasteiger charge is -2.24. The first-order valence-corrected chi connectivity index (χ1v) is 8.38. The van der Waals surface area contributed by atoms with Crippen LogP contribution in [0.4, 0.5) is 0 Å². The van der Waals surface area contributed by atoms with E-state index in [1.54, 1.807) is 12.4 Å². The monoisotopic (exact) mass is 323 g/mol. The molecule has 126 valence electrons. The number of nitrogens with zero attached hydrogens (tertiary/aromatic N) is 3. The molecule has 0 saturated heterocycles. The number of aromatic nitrogens is 3. The third-order valence-corrected chi connectivity index (χ3v) is 4.20. The highest BCUT2D eigenvalue weighted by atomic mass is 15.3. The SMILES string of the molecule is CC(C)(C)c1ccc(-c2[nH]c3nccnc3c2C[N+](C)(C)C)cc1. The van der Waals surface area contributed by atoms with E-state index in [0.29, 0.717) is 0 Å². The van der Waals surface area contributed by atoms with Gasteiger partial charge in [-0.3, -0.25) is 4.98 Å². The van der Waals surface area contributed by atoms with E-state index in [1.807, 2.05) is 0 Å². The van der Waals surface area contributed by atoms with Gasteiger partial charge < -0.3 is 9.47 Å². The largest absolute Gasteiger partial charge is 0.337 e. The van der Waals surface area contributed by atoms with Crippen molar-refractivity contribution in [1.82, 2.24) is 15.0 Å². The Balaban J connectivity index is 2.13. The summed E-state index contributed by atoms with van der Waals surface area (Å²) >= 11 is 0. The van der Waals surface area contributed by atoms with Gasteiger partial charge in [0.25, 0.3) is 0 Å². The lowest BCUT2D eigenvalue weighted by molar-refractivity contribution is -0.883. The van der Waals surface area contributed by atoms with Gasteiger partial charge in [0.2, 0.25) is 0 Å². The molecule has 0 unspecified atom stereocenters. The molecule has 0 spiro atoms. The van der Waals surface area contributed by atoms with E-state index in [9.17, 15) is 0 Å². The van der Waals surface area contributed by atoms with Crippen molar-refractivity contribution in [1.29, 1.82) is 0 Å². The maximum Gasteiger partial charge on any atom is 0.157 e. The summed E-state index contributed by atoms with van der Waals surface area (Å²) in [4.78, 5) is 12.5. The number of rotatable bonds is 3. The third-order valence-electron chi connectivity index (χ3n) is 4.20. The summed E-state index contributed by atoms with van der Waals surface area (Å²) in [6.45, 7) is 7.61. The summed E-state index contributed by atoms with van der Waals surface area (Å²) in [5.41, 5.74) is 6.88. The summed E-state index contributed by atoms with van der Waals surface area (Å²) in [6.07, 6.45) is 3.50. The van der Waals surface area contributed by atoms with Gasteiger partial charge in [0.05, 0.1) is 32.4 Å². The molecule has 0 radical (unpaired) electrons. The number of H-pyrrole nitrogens is 1. The summed E-state index contributed by atoms with van der Waals surface area (Å²) in [5.74, 6) is 0. The molecule has 0 saturated carbocycles. The molecule has 0 aliphatic heterocycles. The van der Waals surface area contributed by atoms with Gasteiger partial charge >= 0.3 is 0 Å². The Morgan fingerprint density at radius 3 is 2.17 bits per heavy atom. The molecule has 0 amide bonds. The van der Waals surface area contributed by atoms with Crippen LogP contribution in [-0.4, -0.2) is 40.6 Å². The van der Waals surface area contributed by atoms with Crippen molar-refractivity contribution in [3.05, 3.63) is 47.8 Å². The van der Waals surface area contributed by atoms with Crippen LogP contribution < -0.4 is 0 Å². The van der Waals surface area contributed by atoms with Gasteiger partial charge in [-0.05, 0) is 16.5 Å². The highest BCUT2D eigenvalue weighted by Gasteiger charge is 2.21. The molecule has 0 atom stereocenters. The Labute approximate surface area is 144 Å². The van der Waals surface area contributed by atoms with Crippen molar-refractivity contribution >= 4 is 11.2 Å². The van der Waals surface area contributed by atoms with Crippen LogP contribution in [0.1, 0.15) is 31.9 Å². The zero-order valence-corrected chi connectivity index (χ0v) is 15.5. The third kappa shape index (κ3) is 3.34. The lowest BCUT2D eigenvalue weighted by Crippen LogP contribution is -2.33. The van der Waals surface area contributed by atoms with E-state index >= 15 is 0 Å². The minimum Gasteiger partial charge on any atom is -0.337 e. The summed E-state index contributed by atoms with van der Waals surface area (Å²) in [6, 6.07) is 8.84. The highest BCUT2D eigenvalue weighted by Crippen LogP contribution is 2.31. The molecule has 3 aromatic rings. The Morgan fingerprint density at radius 2 is 1.58 bits per heavy atom. The summed E-state index contributed by atoms with van der Waals surface area (Å²) in [7, 11) is 6.59. The zero-order chi connectivity index (χ0) is 17.5. The van der Waals surface area contributed by atoms with Crippen molar-refractivity contribution in [2.45, 2.75) is 32.7 Å². The Kier molecular flexibility index (Phi) is 3.96. The lowest BCUT2D eigenvalue weighted by atomic mass is 9.86. The fourth-order valence-corrected chi connectivity index (χ4v) is 2.97. The van der Waals surface area contributed by atoms with Crippen molar-refractivity contribution < 1.29 is 4.48 Å². The molecule has 4 heteroatoms. The van der Waals surface area contributed by atoms with Crippen molar-refractivity contribution in [3.63, 3.8) is 0 Å². The standard InChI is InChI=1S/C20H27N4/c1-20(2,3)15-9-7-14(8-10-15)17-16(13-24(4,5)6)18-19(23-17)22-12-11-21-18/h7-12H,13H2,1-6H3,(H,22,23)/q+1. The first-order valence-electron chi connectivity index (χ1n) is 8.38. The highest BCUT2D eigenvalue weighted by molar-refractivity contribution is 5.85. The van der Waals surface area contributed by atoms with Crippen molar-refractivity contribution in [3.8, 4) is 11.3 Å². The minimum absolute atomic E-state index is 0.160. The van der Waals surface area contributed by atoms with Crippen molar-refractivity contribution in [2.75, 3.05) is 21.1 Å². The van der Waals surface area contributed by atoms with E-state index in [2.05, 4.69) is 81.1 Å². The first kappa shape index (κ1) is 16.7. The van der Waals surface area contributed by atoms with E-state index in [-0.39, 0.29) is 5.41 Å². The molecule has 1 aromatic carbocycles. The Hall–Kier alpha value is -2.20. The molecule has 24 heavy (non-hydrogen) atoms. The molecule has 2 aromatic heterocycles. The fraction of sp³-hybridized carbons (Fsp3) is 0.400. The molecular formula is C20H27N4+. The Morgan fingerprint density at radius 1 is 0.958 bits per heavy atom. The van der Waals surface area contributed by atoms with E-state index in [1.165, 1.54) is 16.7 Å². The normalized spacial score (nSPS) is 12.8. The Bertz CT molecular complexity index is 846. The van der Waals surface area contributed by atoms with Gasteiger partial charge in [-0.1, -0.05) is 45.0 Å². The molecule has 2 heterocycles. The topological polar surface area (TPSA) is 41.6 Å². The van der Waals surface area contributed by atoms with E-state index < -0.39 is 0 Å². The van der Waals surface area contributed by atoms with Crippen LogP contribution in [0.15, 0.2) is 36.7 Å². The molecule has 0 bridgehead atoms. The number of hydrogen-bond donors (Lipinski definition) is 1. The number of quaternary nitrogens is 1. The van der Waals surface area contributed by atoms with E-state index in [0.717, 1.165) is 27.9 Å². The average molecular weight is 323 g/mol. The fourth-order valence-electron chi connectivity index (χ4n) is 2.97. The minimum atomic E-state index is 0.160. The molecule has 4 nitrogen and oxygen atoms in total. The second-order valence-electron chi connectivity index (χ2n) is 8.51. The quantitative estimate of drug-likeness (QED) is 0.736. The summed E-state index contributed by atoms with van der Waals surface area (Å²) in [5, 5.41) is 0. The van der Waals surface area contributed by atoms with Crippen LogP contribution in [0.3, 0.4) is 0 Å². The second-order valence-corrected chi connectivity index (χ2v) is 8.51. The summed E-state index contributed by atoms with van der Waals surface area (Å²) < 4.78 is 0.844. The van der Waals surface area contributed by atoms with Crippen LogP contribution in [0, 0.1) is 0 Å². The molecule has 0 aliphatic rings. The number of nitrogens with one attached hydrogen (secondary N) is 1. The smallest absolute Gasteiger partial charge is 0.157 e. The van der Waals surface area contributed by atoms with Gasteiger partial charge in [0, 0.05) is 12.4 Å². The number of aromatic amines is 1. The van der Waals surface area contributed by atoms with E-state index in [4.69, 9.17) is 0 Å². The molecule has 1 N–H and O–H groups in total. The van der Waals surface area contributed by atoms with Crippen LogP contribution in [-0.2, 0) is 12.0 Å². The van der Waals surface area contributed by atoms with Gasteiger partial charge in [0.15, 0.2) is 5.65 Å². The number of fused-ring (bicyclic) bond motifs is 1. The van der Waals surface area contributed by atoms with Crippen LogP contribution >= 0.6 is 0 Å². The number of benzene rings is 1. The molecule has 3 rings (SSSR count). The first-order chi connectivity index (χ1) is 11.1. The van der Waals surface area contributed by atoms with Gasteiger partial charge in [-0.25, -0.2) is 4.98 Å². The average Bonchev–Trinajstić information content (AvgIpc) is 2.84. The maximum absolute atomic E-state index is 4.56. The van der Waals surface area contributed by atoms with Crippen molar-refractivity contribution in [2.24, 2.45) is 0 Å². The van der Waals surface area contributed by atoms with Gasteiger partial charge in [0.1, 0.15) is 12.1 Å². The van der Waals surface area contributed by atoms with Crippen LogP contribution in [0.2, 0.25) is 0 Å². The van der Waals surface area contributed by atoms with Gasteiger partial charge in [-0.2, -0.15) is 0 Å².